The zero-order chi connectivity index (χ0) is 13.4. The van der Waals surface area contributed by atoms with E-state index in [-0.39, 0.29) is 11.8 Å². The number of rotatable bonds is 8. The fraction of sp³-hybridized carbons (Fsp3) is 0.700. The molecule has 1 aromatic rings. The number of nitrogens with two attached hydrogens (primary N) is 1. The van der Waals surface area contributed by atoms with Gasteiger partial charge < -0.3 is 9.47 Å². The smallest absolute Gasteiger partial charge is 0.287 e. The molecule has 0 aromatic carbocycles. The molecule has 18 heavy (non-hydrogen) atoms. The number of carbonyl (C=O) groups is 1. The van der Waals surface area contributed by atoms with Crippen molar-refractivity contribution in [3.8, 4) is 0 Å². The highest BCUT2D eigenvalue weighted by Gasteiger charge is 2.09. The molecule has 0 fully saturated rings. The lowest BCUT2D eigenvalue weighted by Crippen LogP contribution is -2.30. The fourth-order valence-corrected chi connectivity index (χ4v) is 1.27. The molecule has 0 radical (unpaired) electrons. The molecule has 1 rings (SSSR count). The number of aromatic nitrogens is 3. The lowest BCUT2D eigenvalue weighted by Gasteiger charge is -2.12. The summed E-state index contributed by atoms with van der Waals surface area (Å²) >= 11 is 0. The minimum atomic E-state index is -0.466. The van der Waals surface area contributed by atoms with Gasteiger partial charge >= 0.3 is 0 Å². The van der Waals surface area contributed by atoms with Crippen LogP contribution in [0, 0.1) is 0 Å². The number of hydrogen-bond acceptors (Lipinski definition) is 6. The summed E-state index contributed by atoms with van der Waals surface area (Å²) < 4.78 is 12.3. The first-order valence-electron chi connectivity index (χ1n) is 5.77. The Morgan fingerprint density at radius 1 is 1.67 bits per heavy atom. The molecular weight excluding hydrogens is 238 g/mol. The molecule has 0 bridgehead atoms. The molecule has 3 N–H and O–H groups in total. The first kappa shape index (κ1) is 14.6. The molecule has 0 aliphatic carbocycles. The Hall–Kier alpha value is -1.51. The van der Waals surface area contributed by atoms with E-state index in [1.807, 2.05) is 19.3 Å². The first-order chi connectivity index (χ1) is 8.67. The molecule has 1 heterocycles. The molecule has 102 valence electrons. The number of nitrogens with one attached hydrogen (secondary N) is 1. The van der Waals surface area contributed by atoms with E-state index in [2.05, 4.69) is 10.3 Å². The van der Waals surface area contributed by atoms with Gasteiger partial charge in [-0.15, -0.1) is 5.10 Å². The lowest BCUT2D eigenvalue weighted by molar-refractivity contribution is -0.00689. The van der Waals surface area contributed by atoms with Crippen LogP contribution in [0.2, 0.25) is 0 Å². The van der Waals surface area contributed by atoms with Gasteiger partial charge in [0, 0.05) is 6.61 Å². The minimum absolute atomic E-state index is 0.0280. The van der Waals surface area contributed by atoms with Gasteiger partial charge in [0.05, 0.1) is 32.1 Å². The summed E-state index contributed by atoms with van der Waals surface area (Å²) in [6.07, 6.45) is 1.54. The highest BCUT2D eigenvalue weighted by Crippen LogP contribution is 1.95. The summed E-state index contributed by atoms with van der Waals surface area (Å²) in [5.41, 5.74) is 2.17. The number of nitrogens with zero attached hydrogens (tertiary/aromatic N) is 3. The van der Waals surface area contributed by atoms with Gasteiger partial charge in [-0.05, 0) is 13.8 Å². The van der Waals surface area contributed by atoms with E-state index in [0.29, 0.717) is 26.4 Å². The second-order valence-electron chi connectivity index (χ2n) is 3.68. The van der Waals surface area contributed by atoms with Gasteiger partial charge in [-0.25, -0.2) is 10.5 Å². The van der Waals surface area contributed by atoms with Crippen LogP contribution in [0.25, 0.3) is 0 Å². The van der Waals surface area contributed by atoms with E-state index >= 15 is 0 Å². The molecule has 1 aromatic heterocycles. The zero-order valence-corrected chi connectivity index (χ0v) is 10.6. The largest absolute Gasteiger partial charge is 0.379 e. The monoisotopic (exact) mass is 257 g/mol. The second kappa shape index (κ2) is 7.75. The van der Waals surface area contributed by atoms with Gasteiger partial charge in [0.1, 0.15) is 0 Å². The Balaban J connectivity index is 2.27. The summed E-state index contributed by atoms with van der Waals surface area (Å²) in [5.74, 6) is 4.52. The molecule has 0 aliphatic rings. The van der Waals surface area contributed by atoms with E-state index < -0.39 is 5.91 Å². The maximum absolute atomic E-state index is 11.1. The fourth-order valence-electron chi connectivity index (χ4n) is 1.27. The van der Waals surface area contributed by atoms with E-state index in [0.717, 1.165) is 0 Å². The molecular formula is C10H19N5O3. The van der Waals surface area contributed by atoms with Crippen molar-refractivity contribution in [2.75, 3.05) is 19.8 Å². The second-order valence-corrected chi connectivity index (χ2v) is 3.68. The number of hydrazine groups is 1. The van der Waals surface area contributed by atoms with Gasteiger partial charge in [-0.3, -0.25) is 10.2 Å². The number of ether oxygens (including phenoxy) is 2. The van der Waals surface area contributed by atoms with Crippen molar-refractivity contribution in [2.24, 2.45) is 5.84 Å². The van der Waals surface area contributed by atoms with Gasteiger partial charge in [0.25, 0.3) is 5.91 Å². The third-order valence-corrected chi connectivity index (χ3v) is 2.18. The molecule has 0 aliphatic heterocycles. The maximum Gasteiger partial charge on any atom is 0.287 e. The van der Waals surface area contributed by atoms with Crippen molar-refractivity contribution in [2.45, 2.75) is 26.5 Å². The zero-order valence-electron chi connectivity index (χ0n) is 10.6. The number of nitrogen functional groups attached to an aromatic ring is 1. The topological polar surface area (TPSA) is 104 Å². The molecule has 0 saturated heterocycles. The van der Waals surface area contributed by atoms with Crippen LogP contribution in [-0.2, 0) is 16.0 Å². The van der Waals surface area contributed by atoms with Crippen molar-refractivity contribution in [3.63, 3.8) is 0 Å². The van der Waals surface area contributed by atoms with Crippen LogP contribution in [0.4, 0.5) is 0 Å². The van der Waals surface area contributed by atoms with Crippen LogP contribution in [0.5, 0.6) is 0 Å². The Bertz CT molecular complexity index is 368. The molecule has 8 nitrogen and oxygen atoms in total. The van der Waals surface area contributed by atoms with Crippen LogP contribution in [0.3, 0.4) is 0 Å². The normalized spacial score (nSPS) is 12.4. The quantitative estimate of drug-likeness (QED) is 0.363. The van der Waals surface area contributed by atoms with Gasteiger partial charge in [0.2, 0.25) is 0 Å². The Morgan fingerprint density at radius 3 is 3.11 bits per heavy atom. The van der Waals surface area contributed by atoms with Gasteiger partial charge in [-0.2, -0.15) is 0 Å². The summed E-state index contributed by atoms with van der Waals surface area (Å²) in [4.78, 5) is 11.1. The lowest BCUT2D eigenvalue weighted by atomic mass is 10.4. The van der Waals surface area contributed by atoms with Crippen LogP contribution in [0.1, 0.15) is 24.3 Å². The molecule has 0 saturated carbocycles. The van der Waals surface area contributed by atoms with E-state index in [1.165, 1.54) is 10.9 Å². The van der Waals surface area contributed by atoms with E-state index in [1.54, 1.807) is 0 Å². The van der Waals surface area contributed by atoms with Crippen LogP contribution >= 0.6 is 0 Å². The third-order valence-electron chi connectivity index (χ3n) is 2.18. The van der Waals surface area contributed by atoms with Crippen LogP contribution in [-0.4, -0.2) is 46.8 Å². The molecule has 0 spiro atoms. The predicted octanol–water partition coefficient (Wildman–Crippen LogP) is -0.677. The first-order valence-corrected chi connectivity index (χ1v) is 5.77. The predicted molar refractivity (Wildman–Crippen MR) is 63.6 cm³/mol. The molecule has 8 heteroatoms. The Kier molecular flexibility index (Phi) is 6.26. The summed E-state index contributed by atoms with van der Waals surface area (Å²) in [7, 11) is 0. The molecule has 1 unspecified atom stereocenters. The Morgan fingerprint density at radius 2 is 2.44 bits per heavy atom. The average molecular weight is 257 g/mol. The molecule has 1 amide bonds. The van der Waals surface area contributed by atoms with Crippen molar-refractivity contribution >= 4 is 5.91 Å². The highest BCUT2D eigenvalue weighted by atomic mass is 16.5. The summed E-state index contributed by atoms with van der Waals surface area (Å²) in [6, 6.07) is 0. The number of amides is 1. The summed E-state index contributed by atoms with van der Waals surface area (Å²) in [6.45, 7) is 6.10. The van der Waals surface area contributed by atoms with Crippen molar-refractivity contribution in [3.05, 3.63) is 11.9 Å². The van der Waals surface area contributed by atoms with Crippen molar-refractivity contribution in [1.29, 1.82) is 0 Å². The van der Waals surface area contributed by atoms with Crippen LogP contribution in [0.15, 0.2) is 6.20 Å². The highest BCUT2D eigenvalue weighted by molar-refractivity contribution is 5.91. The third kappa shape index (κ3) is 4.78. The van der Waals surface area contributed by atoms with Gasteiger partial charge in [0.15, 0.2) is 5.69 Å². The van der Waals surface area contributed by atoms with Crippen molar-refractivity contribution in [1.82, 2.24) is 20.4 Å². The van der Waals surface area contributed by atoms with E-state index in [4.69, 9.17) is 15.3 Å². The average Bonchev–Trinajstić information content (AvgIpc) is 2.84. The maximum atomic E-state index is 11.1. The number of carbonyl (C=O) groups excluding carboxylic acids is 1. The van der Waals surface area contributed by atoms with E-state index in [9.17, 15) is 4.79 Å². The van der Waals surface area contributed by atoms with Crippen LogP contribution < -0.4 is 11.3 Å². The summed E-state index contributed by atoms with van der Waals surface area (Å²) in [5, 5.41) is 7.46. The number of hydrogen-bond donors (Lipinski definition) is 2. The van der Waals surface area contributed by atoms with Crippen molar-refractivity contribution < 1.29 is 14.3 Å². The van der Waals surface area contributed by atoms with Gasteiger partial charge in [-0.1, -0.05) is 5.21 Å². The standard InChI is InChI=1S/C10H19N5O3/c1-3-17-7-8(2)18-5-4-15-6-9(13-14-15)10(16)12-11/h6,8H,3-5,7,11H2,1-2H3,(H,12,16). The minimum Gasteiger partial charge on any atom is -0.379 e. The molecule has 1 atom stereocenters. The Labute approximate surface area is 105 Å². The SMILES string of the molecule is CCOCC(C)OCCn1cc(C(=O)NN)nn1.